The fourth-order valence-corrected chi connectivity index (χ4v) is 3.86. The molecule has 0 bridgehead atoms. The molecule has 4 nitrogen and oxygen atoms in total. The van der Waals surface area contributed by atoms with Gasteiger partial charge in [0.25, 0.3) is 0 Å². The normalized spacial score (nSPS) is 13.0. The number of carbonyl (C=O) groups excluding carboxylic acids is 1. The summed E-state index contributed by atoms with van der Waals surface area (Å²) >= 11 is 0. The third-order valence-corrected chi connectivity index (χ3v) is 5.20. The van der Waals surface area contributed by atoms with Crippen molar-refractivity contribution in [1.82, 2.24) is 4.57 Å². The van der Waals surface area contributed by atoms with Crippen LogP contribution in [0.5, 0.6) is 0 Å². The lowest BCUT2D eigenvalue weighted by Gasteiger charge is -2.18. The van der Waals surface area contributed by atoms with E-state index in [1.807, 2.05) is 36.6 Å². The number of benzene rings is 1. The Labute approximate surface area is 191 Å². The zero-order valence-corrected chi connectivity index (χ0v) is 19.6. The van der Waals surface area contributed by atoms with Crippen molar-refractivity contribution in [3.63, 3.8) is 0 Å². The molecule has 1 aliphatic rings. The Kier molecular flexibility index (Phi) is 7.14. The Morgan fingerprint density at radius 3 is 2.56 bits per heavy atom. The van der Waals surface area contributed by atoms with E-state index in [9.17, 15) is 9.59 Å². The molecule has 0 saturated heterocycles. The highest BCUT2D eigenvalue weighted by Crippen LogP contribution is 2.39. The largest absolute Gasteiger partial charge is 0.454 e. The summed E-state index contributed by atoms with van der Waals surface area (Å²) in [6, 6.07) is 7.65. The van der Waals surface area contributed by atoms with E-state index in [0.717, 1.165) is 40.0 Å². The van der Waals surface area contributed by atoms with E-state index in [4.69, 9.17) is 4.42 Å². The number of aryl methyl sites for hydroxylation is 2. The van der Waals surface area contributed by atoms with Gasteiger partial charge >= 0.3 is 0 Å². The molecule has 0 spiro atoms. The van der Waals surface area contributed by atoms with Crippen LogP contribution in [0.3, 0.4) is 0 Å². The molecule has 0 aliphatic carbocycles. The predicted molar refractivity (Wildman–Crippen MR) is 135 cm³/mol. The van der Waals surface area contributed by atoms with Crippen LogP contribution in [-0.4, -0.2) is 10.4 Å². The van der Waals surface area contributed by atoms with Gasteiger partial charge in [0.1, 0.15) is 5.58 Å². The molecule has 0 amide bonds. The average Bonchev–Trinajstić information content (AvgIpc) is 3.15. The molecule has 2 aromatic heterocycles. The second-order valence-corrected chi connectivity index (χ2v) is 8.52. The number of aromatic nitrogens is 1. The van der Waals surface area contributed by atoms with Gasteiger partial charge in [-0.1, -0.05) is 63.8 Å². The van der Waals surface area contributed by atoms with Crippen LogP contribution in [0.1, 0.15) is 57.5 Å². The molecular weight excluding hydrogens is 398 g/mol. The number of pyridine rings is 1. The number of ketones is 1. The molecule has 4 rings (SSSR count). The topological polar surface area (TPSA) is 52.2 Å². The minimum Gasteiger partial charge on any atom is -0.454 e. The highest BCUT2D eigenvalue weighted by Gasteiger charge is 2.25. The van der Waals surface area contributed by atoms with Crippen molar-refractivity contribution in [3.8, 4) is 11.5 Å². The van der Waals surface area contributed by atoms with E-state index < -0.39 is 0 Å². The molecule has 1 aliphatic heterocycles. The third-order valence-electron chi connectivity index (χ3n) is 5.20. The summed E-state index contributed by atoms with van der Waals surface area (Å²) in [5, 5.41) is 1.07. The molecule has 0 N–H and O–H groups in total. The zero-order valence-electron chi connectivity index (χ0n) is 19.6. The number of carbonyl (C=O) groups is 1. The second kappa shape index (κ2) is 9.82. The van der Waals surface area contributed by atoms with E-state index in [0.29, 0.717) is 18.0 Å². The molecule has 0 fully saturated rings. The van der Waals surface area contributed by atoms with Crippen LogP contribution in [0.25, 0.3) is 28.0 Å². The first-order chi connectivity index (χ1) is 15.3. The maximum atomic E-state index is 12.5. The molecule has 4 heteroatoms. The maximum absolute atomic E-state index is 12.5. The highest BCUT2D eigenvalue weighted by atomic mass is 16.3. The molecule has 1 aromatic carbocycles. The molecule has 3 heterocycles. The van der Waals surface area contributed by atoms with Gasteiger partial charge in [0.2, 0.25) is 0 Å². The zero-order chi connectivity index (χ0) is 23.4. The Morgan fingerprint density at radius 2 is 1.94 bits per heavy atom. The van der Waals surface area contributed by atoms with E-state index in [1.165, 1.54) is 12.1 Å². The minimum atomic E-state index is -0.359. The monoisotopic (exact) mass is 431 g/mol. The van der Waals surface area contributed by atoms with Gasteiger partial charge in [0.15, 0.2) is 17.0 Å². The molecule has 32 heavy (non-hydrogen) atoms. The lowest BCUT2D eigenvalue weighted by atomic mass is 9.97. The summed E-state index contributed by atoms with van der Waals surface area (Å²) in [5.41, 5.74) is 4.59. The van der Waals surface area contributed by atoms with E-state index >= 15 is 0 Å². The van der Waals surface area contributed by atoms with E-state index in [2.05, 4.69) is 45.6 Å². The maximum Gasteiger partial charge on any atom is 0.193 e. The van der Waals surface area contributed by atoms with Crippen molar-refractivity contribution < 1.29 is 10.6 Å². The first-order valence-corrected chi connectivity index (χ1v) is 11.1. The van der Waals surface area contributed by atoms with E-state index in [1.54, 1.807) is 6.20 Å². The minimum absolute atomic E-state index is 0. The SMILES string of the molecule is C=CC(=O)c1cn2c(cc1=O)-c1oc3c(C(/C=C\C)=C/C)cccc3c1CC2.CC(C)C.[HH]. The van der Waals surface area contributed by atoms with Gasteiger partial charge in [0.05, 0.1) is 11.3 Å². The molecule has 0 radical (unpaired) electrons. The number of para-hydroxylation sites is 1. The van der Waals surface area contributed by atoms with Gasteiger partial charge in [-0.15, -0.1) is 0 Å². The Balaban J connectivity index is 0.000000714. The summed E-state index contributed by atoms with van der Waals surface area (Å²) in [6.07, 6.45) is 9.69. The Bertz CT molecular complexity index is 1290. The van der Waals surface area contributed by atoms with Crippen molar-refractivity contribution in [1.29, 1.82) is 0 Å². The molecule has 0 atom stereocenters. The van der Waals surface area contributed by atoms with Gasteiger partial charge in [0, 0.05) is 36.7 Å². The van der Waals surface area contributed by atoms with Crippen LogP contribution in [0.2, 0.25) is 0 Å². The highest BCUT2D eigenvalue weighted by molar-refractivity contribution is 6.04. The van der Waals surface area contributed by atoms with Crippen LogP contribution >= 0.6 is 0 Å². The van der Waals surface area contributed by atoms with Crippen molar-refractivity contribution in [3.05, 3.63) is 88.3 Å². The predicted octanol–water partition coefficient (Wildman–Crippen LogP) is 7.07. The molecule has 0 saturated carbocycles. The molecule has 168 valence electrons. The Morgan fingerprint density at radius 1 is 1.22 bits per heavy atom. The van der Waals surface area contributed by atoms with Gasteiger partial charge in [-0.2, -0.15) is 0 Å². The number of rotatable bonds is 4. The summed E-state index contributed by atoms with van der Waals surface area (Å²) in [6.45, 7) is 14.7. The van der Waals surface area contributed by atoms with Crippen LogP contribution < -0.4 is 5.43 Å². The Hall–Kier alpha value is -3.40. The van der Waals surface area contributed by atoms with E-state index in [-0.39, 0.29) is 18.2 Å². The van der Waals surface area contributed by atoms with Crippen LogP contribution in [0.15, 0.2) is 70.6 Å². The van der Waals surface area contributed by atoms with Crippen molar-refractivity contribution in [2.75, 3.05) is 0 Å². The molecule has 3 aromatic rings. The fraction of sp³-hybridized carbons (Fsp3) is 0.286. The fourth-order valence-electron chi connectivity index (χ4n) is 3.86. The number of hydrogen-bond donors (Lipinski definition) is 0. The number of allylic oxidation sites excluding steroid dienone is 5. The average molecular weight is 432 g/mol. The number of hydrogen-bond acceptors (Lipinski definition) is 3. The number of fused-ring (bicyclic) bond motifs is 5. The summed E-state index contributed by atoms with van der Waals surface area (Å²) < 4.78 is 8.24. The van der Waals surface area contributed by atoms with Crippen molar-refractivity contribution in [2.24, 2.45) is 5.92 Å². The van der Waals surface area contributed by atoms with Gasteiger partial charge in [-0.3, -0.25) is 9.59 Å². The lowest BCUT2D eigenvalue weighted by molar-refractivity contribution is 0.104. The smallest absolute Gasteiger partial charge is 0.193 e. The first kappa shape index (κ1) is 23.3. The lowest BCUT2D eigenvalue weighted by Crippen LogP contribution is -2.20. The van der Waals surface area contributed by atoms with Crippen LogP contribution in [-0.2, 0) is 13.0 Å². The van der Waals surface area contributed by atoms with Crippen molar-refractivity contribution in [2.45, 2.75) is 47.6 Å². The van der Waals surface area contributed by atoms with Crippen LogP contribution in [0, 0.1) is 5.92 Å². The third kappa shape index (κ3) is 4.45. The number of nitrogens with zero attached hydrogens (tertiary/aromatic N) is 1. The molecular formula is C28H33NO3. The number of furan rings is 1. The van der Waals surface area contributed by atoms with Gasteiger partial charge in [-0.25, -0.2) is 0 Å². The van der Waals surface area contributed by atoms with Gasteiger partial charge < -0.3 is 8.98 Å². The van der Waals surface area contributed by atoms with Crippen molar-refractivity contribution >= 4 is 22.3 Å². The summed E-state index contributed by atoms with van der Waals surface area (Å²) in [5.74, 6) is 1.18. The first-order valence-electron chi connectivity index (χ1n) is 11.1. The second-order valence-electron chi connectivity index (χ2n) is 8.52. The van der Waals surface area contributed by atoms with Gasteiger partial charge in [-0.05, 0) is 37.8 Å². The quantitative estimate of drug-likeness (QED) is 0.252. The standard InChI is InChI=1S/C24H21NO3.C4H10.H2/c1-4-8-15(5-2)16-9-7-10-17-18-11-12-25-14-19(21(26)6-3)22(27)13-20(25)24(18)28-23(16)17;1-4(2)3;/h4-10,13-14H,3,11-12H2,1-2H3;4H,1-3H3;1H/b8-4-,15-5+;;. The molecule has 0 unspecified atom stereocenters. The van der Waals surface area contributed by atoms with Crippen LogP contribution in [0.4, 0.5) is 0 Å². The summed E-state index contributed by atoms with van der Waals surface area (Å²) in [4.78, 5) is 24.4. The summed E-state index contributed by atoms with van der Waals surface area (Å²) in [7, 11) is 0.